The number of benzene rings is 1. The van der Waals surface area contributed by atoms with Crippen molar-refractivity contribution in [1.29, 1.82) is 0 Å². The monoisotopic (exact) mass is 244 g/mol. The van der Waals surface area contributed by atoms with E-state index in [-0.39, 0.29) is 0 Å². The van der Waals surface area contributed by atoms with Crippen molar-refractivity contribution in [3.05, 3.63) is 47.7 Å². The van der Waals surface area contributed by atoms with Crippen LogP contribution in [0.4, 0.5) is 0 Å². The molecule has 1 atom stereocenters. The standard InChI is InChI=1S/C16H22NO/c1-12-5-4-6-15(11-12)16(18)13(2)17(3)9-7-14(16)8-10-17/h4-6,11,14,18H,2,7-10H2,1,3H3/q+1. The van der Waals surface area contributed by atoms with Gasteiger partial charge < -0.3 is 5.11 Å². The number of aliphatic hydroxyl groups is 1. The molecule has 2 bridgehead atoms. The highest BCUT2D eigenvalue weighted by Gasteiger charge is 2.57. The summed E-state index contributed by atoms with van der Waals surface area (Å²) < 4.78 is 0.834. The zero-order chi connectivity index (χ0) is 13.0. The minimum Gasteiger partial charge on any atom is -0.375 e. The van der Waals surface area contributed by atoms with Crippen molar-refractivity contribution >= 4 is 0 Å². The van der Waals surface area contributed by atoms with E-state index in [0.29, 0.717) is 5.92 Å². The van der Waals surface area contributed by atoms with Gasteiger partial charge in [-0.15, -0.1) is 0 Å². The average molecular weight is 244 g/mol. The van der Waals surface area contributed by atoms with E-state index in [1.54, 1.807) is 0 Å². The van der Waals surface area contributed by atoms with Crippen molar-refractivity contribution < 1.29 is 9.59 Å². The lowest BCUT2D eigenvalue weighted by atomic mass is 9.68. The van der Waals surface area contributed by atoms with Crippen molar-refractivity contribution in [2.75, 3.05) is 20.1 Å². The van der Waals surface area contributed by atoms with Crippen molar-refractivity contribution in [3.8, 4) is 0 Å². The summed E-state index contributed by atoms with van der Waals surface area (Å²) in [6.45, 7) is 8.57. The molecule has 1 aromatic carbocycles. The fourth-order valence-corrected chi connectivity index (χ4v) is 3.76. The summed E-state index contributed by atoms with van der Waals surface area (Å²) in [5, 5.41) is 11.3. The van der Waals surface area contributed by atoms with E-state index >= 15 is 0 Å². The zero-order valence-electron chi connectivity index (χ0n) is 11.3. The van der Waals surface area contributed by atoms with E-state index in [1.807, 2.05) is 12.1 Å². The molecule has 3 aliphatic heterocycles. The Morgan fingerprint density at radius 3 is 2.61 bits per heavy atom. The van der Waals surface area contributed by atoms with Crippen LogP contribution >= 0.6 is 0 Å². The van der Waals surface area contributed by atoms with Crippen LogP contribution in [0.25, 0.3) is 0 Å². The van der Waals surface area contributed by atoms with E-state index in [2.05, 4.69) is 32.7 Å². The van der Waals surface area contributed by atoms with E-state index in [9.17, 15) is 5.11 Å². The summed E-state index contributed by atoms with van der Waals surface area (Å²) in [4.78, 5) is 0. The van der Waals surface area contributed by atoms with Crippen LogP contribution in [-0.4, -0.2) is 29.7 Å². The molecule has 3 aliphatic rings. The molecule has 0 aromatic heterocycles. The second-order valence-electron chi connectivity index (χ2n) is 6.20. The number of quaternary nitrogens is 1. The Bertz CT molecular complexity index is 500. The molecule has 2 nitrogen and oxygen atoms in total. The smallest absolute Gasteiger partial charge is 0.166 e. The minimum absolute atomic E-state index is 0.340. The summed E-state index contributed by atoms with van der Waals surface area (Å²) in [7, 11) is 2.21. The molecule has 0 spiro atoms. The van der Waals surface area contributed by atoms with Crippen molar-refractivity contribution in [1.82, 2.24) is 0 Å². The largest absolute Gasteiger partial charge is 0.375 e. The number of rotatable bonds is 1. The van der Waals surface area contributed by atoms with Crippen molar-refractivity contribution in [2.24, 2.45) is 5.92 Å². The normalized spacial score (nSPS) is 39.1. The van der Waals surface area contributed by atoms with Crippen LogP contribution in [0.3, 0.4) is 0 Å². The Morgan fingerprint density at radius 1 is 1.33 bits per heavy atom. The number of fused-ring (bicyclic) bond motifs is 3. The van der Waals surface area contributed by atoms with Gasteiger partial charge in [0.1, 0.15) is 5.70 Å². The maximum atomic E-state index is 11.3. The van der Waals surface area contributed by atoms with Crippen LogP contribution in [0.2, 0.25) is 0 Å². The molecular formula is C16H22NO+. The molecule has 1 unspecified atom stereocenters. The second kappa shape index (κ2) is 3.69. The maximum absolute atomic E-state index is 11.3. The number of hydrogen-bond donors (Lipinski definition) is 1. The van der Waals surface area contributed by atoms with Gasteiger partial charge >= 0.3 is 0 Å². The van der Waals surface area contributed by atoms with Gasteiger partial charge in [-0.2, -0.15) is 0 Å². The molecule has 2 heteroatoms. The summed E-state index contributed by atoms with van der Waals surface area (Å²) in [5.74, 6) is 0.340. The summed E-state index contributed by atoms with van der Waals surface area (Å²) >= 11 is 0. The highest BCUT2D eigenvalue weighted by molar-refractivity contribution is 5.35. The van der Waals surface area contributed by atoms with Gasteiger partial charge in [-0.05, 0) is 19.1 Å². The summed E-state index contributed by atoms with van der Waals surface area (Å²) in [5.41, 5.74) is 2.39. The van der Waals surface area contributed by atoms with Gasteiger partial charge in [-0.3, -0.25) is 4.48 Å². The molecule has 3 heterocycles. The van der Waals surface area contributed by atoms with Crippen LogP contribution in [0.5, 0.6) is 0 Å². The predicted molar refractivity (Wildman–Crippen MR) is 72.9 cm³/mol. The zero-order valence-corrected chi connectivity index (χ0v) is 11.3. The Hall–Kier alpha value is -1.12. The fourth-order valence-electron chi connectivity index (χ4n) is 3.76. The fraction of sp³-hybridized carbons (Fsp3) is 0.500. The molecule has 3 saturated heterocycles. The molecule has 96 valence electrons. The van der Waals surface area contributed by atoms with E-state index < -0.39 is 5.60 Å². The molecule has 4 rings (SSSR count). The molecule has 0 saturated carbocycles. The number of hydrogen-bond acceptors (Lipinski definition) is 1. The van der Waals surface area contributed by atoms with E-state index in [0.717, 1.165) is 41.7 Å². The molecule has 1 aromatic rings. The number of likely N-dealkylation sites (N-methyl/N-ethyl adjacent to an activating group) is 1. The lowest BCUT2D eigenvalue weighted by molar-refractivity contribution is -0.896. The Kier molecular flexibility index (Phi) is 2.45. The SMILES string of the molecule is C=C1C(O)(c2cccc(C)c2)C2CC[N+]1(C)CC2. The van der Waals surface area contributed by atoms with Gasteiger partial charge in [-0.1, -0.05) is 29.8 Å². The Balaban J connectivity index is 2.12. The van der Waals surface area contributed by atoms with Crippen LogP contribution in [0.1, 0.15) is 24.0 Å². The molecular weight excluding hydrogens is 222 g/mol. The Morgan fingerprint density at radius 2 is 2.00 bits per heavy atom. The lowest BCUT2D eigenvalue weighted by Crippen LogP contribution is -2.63. The molecule has 0 radical (unpaired) electrons. The van der Waals surface area contributed by atoms with E-state index in [1.165, 1.54) is 5.56 Å². The topological polar surface area (TPSA) is 20.2 Å². The molecule has 1 N–H and O–H groups in total. The first-order valence-corrected chi connectivity index (χ1v) is 6.81. The van der Waals surface area contributed by atoms with Gasteiger partial charge in [0.25, 0.3) is 0 Å². The maximum Gasteiger partial charge on any atom is 0.166 e. The van der Waals surface area contributed by atoms with Crippen molar-refractivity contribution in [2.45, 2.75) is 25.4 Å². The van der Waals surface area contributed by atoms with E-state index in [4.69, 9.17) is 0 Å². The number of aryl methyl sites for hydroxylation is 1. The third-order valence-corrected chi connectivity index (χ3v) is 5.08. The van der Waals surface area contributed by atoms with Crippen LogP contribution in [0, 0.1) is 12.8 Å². The first kappa shape index (κ1) is 11.9. The first-order valence-electron chi connectivity index (χ1n) is 6.81. The minimum atomic E-state index is -0.822. The molecule has 18 heavy (non-hydrogen) atoms. The van der Waals surface area contributed by atoms with Crippen LogP contribution in [0.15, 0.2) is 36.5 Å². The summed E-state index contributed by atoms with van der Waals surface area (Å²) in [6, 6.07) is 8.27. The Labute approximate surface area is 109 Å². The predicted octanol–water partition coefficient (Wildman–Crippen LogP) is 2.57. The highest BCUT2D eigenvalue weighted by atomic mass is 16.3. The van der Waals surface area contributed by atoms with Crippen LogP contribution in [-0.2, 0) is 5.60 Å². The van der Waals surface area contributed by atoms with Gasteiger partial charge in [0, 0.05) is 18.8 Å². The average Bonchev–Trinajstić information content (AvgIpc) is 2.36. The van der Waals surface area contributed by atoms with Gasteiger partial charge in [0.15, 0.2) is 5.60 Å². The quantitative estimate of drug-likeness (QED) is 0.753. The van der Waals surface area contributed by atoms with Gasteiger partial charge in [0.2, 0.25) is 0 Å². The van der Waals surface area contributed by atoms with Gasteiger partial charge in [0.05, 0.1) is 20.1 Å². The third kappa shape index (κ3) is 1.42. The molecule has 0 aliphatic carbocycles. The lowest BCUT2D eigenvalue weighted by Gasteiger charge is -2.55. The van der Waals surface area contributed by atoms with Gasteiger partial charge in [-0.25, -0.2) is 0 Å². The molecule has 0 amide bonds. The number of nitrogens with zero attached hydrogens (tertiary/aromatic N) is 1. The third-order valence-electron chi connectivity index (χ3n) is 5.08. The van der Waals surface area contributed by atoms with Crippen LogP contribution < -0.4 is 0 Å². The van der Waals surface area contributed by atoms with Crippen molar-refractivity contribution in [3.63, 3.8) is 0 Å². The first-order chi connectivity index (χ1) is 8.47. The number of piperidine rings is 3. The summed E-state index contributed by atoms with van der Waals surface area (Å²) in [6.07, 6.45) is 2.19. The second-order valence-corrected chi connectivity index (χ2v) is 6.20. The highest BCUT2D eigenvalue weighted by Crippen LogP contribution is 2.51. The molecule has 3 fully saturated rings.